The summed E-state index contributed by atoms with van der Waals surface area (Å²) in [5.74, 6) is 1.44. The van der Waals surface area contributed by atoms with Gasteiger partial charge in [-0.1, -0.05) is 19.1 Å². The number of benzene rings is 2. The van der Waals surface area contributed by atoms with Gasteiger partial charge in [-0.2, -0.15) is 0 Å². The van der Waals surface area contributed by atoms with Crippen molar-refractivity contribution in [1.29, 1.82) is 0 Å². The van der Waals surface area contributed by atoms with Crippen LogP contribution in [0.25, 0.3) is 0 Å². The van der Waals surface area contributed by atoms with Crippen molar-refractivity contribution in [3.8, 4) is 11.5 Å². The molecule has 1 saturated heterocycles. The highest BCUT2D eigenvalue weighted by Gasteiger charge is 2.30. The molecule has 0 aliphatic carbocycles. The van der Waals surface area contributed by atoms with Gasteiger partial charge >= 0.3 is 0 Å². The number of rotatable bonds is 7. The number of carbonyl (C=O) groups excluding carboxylic acids is 2. The first-order valence-electron chi connectivity index (χ1n) is 11.2. The number of nitrogens with one attached hydrogen (secondary N) is 2. The Hall–Kier alpha value is -3.22. The lowest BCUT2D eigenvalue weighted by atomic mass is 9.88. The number of amides is 2. The topological polar surface area (TPSA) is 79.9 Å². The van der Waals surface area contributed by atoms with E-state index in [0.29, 0.717) is 29.5 Å². The van der Waals surface area contributed by atoms with Crippen LogP contribution in [0.15, 0.2) is 36.4 Å². The van der Waals surface area contributed by atoms with Gasteiger partial charge < -0.3 is 25.0 Å². The predicted molar refractivity (Wildman–Crippen MR) is 124 cm³/mol. The molecule has 7 heteroatoms. The minimum atomic E-state index is -0.598. The molecular weight excluding hydrogens is 406 g/mol. The zero-order valence-electron chi connectivity index (χ0n) is 18.9. The maximum Gasteiger partial charge on any atom is 0.251 e. The number of fused-ring (bicyclic) bond motifs is 1. The van der Waals surface area contributed by atoms with Crippen LogP contribution in [-0.2, 0) is 4.79 Å². The molecule has 0 bridgehead atoms. The van der Waals surface area contributed by atoms with E-state index in [0.717, 1.165) is 49.2 Å². The van der Waals surface area contributed by atoms with Gasteiger partial charge in [-0.3, -0.25) is 9.59 Å². The summed E-state index contributed by atoms with van der Waals surface area (Å²) in [4.78, 5) is 27.9. The summed E-state index contributed by atoms with van der Waals surface area (Å²) in [6.07, 6.45) is 2.99. The van der Waals surface area contributed by atoms with E-state index in [1.54, 1.807) is 14.2 Å². The molecule has 2 N–H and O–H groups in total. The molecule has 2 aromatic rings. The highest BCUT2D eigenvalue weighted by atomic mass is 16.5. The number of methoxy groups -OCH3 is 2. The van der Waals surface area contributed by atoms with Crippen LogP contribution in [0.2, 0.25) is 0 Å². The highest BCUT2D eigenvalue weighted by Crippen LogP contribution is 2.34. The van der Waals surface area contributed by atoms with Gasteiger partial charge in [0.15, 0.2) is 11.5 Å². The van der Waals surface area contributed by atoms with Crippen LogP contribution in [-0.4, -0.2) is 50.6 Å². The number of hydrogen-bond donors (Lipinski definition) is 2. The van der Waals surface area contributed by atoms with E-state index in [-0.39, 0.29) is 11.8 Å². The number of nitrogens with zero attached hydrogens (tertiary/aromatic N) is 1. The Labute approximate surface area is 189 Å². The highest BCUT2D eigenvalue weighted by molar-refractivity contribution is 5.98. The Kier molecular flexibility index (Phi) is 6.53. The molecule has 2 aliphatic heterocycles. The summed E-state index contributed by atoms with van der Waals surface area (Å²) >= 11 is 0. The van der Waals surface area contributed by atoms with E-state index in [1.807, 2.05) is 41.3 Å². The van der Waals surface area contributed by atoms with Gasteiger partial charge in [0, 0.05) is 36.8 Å². The maximum atomic E-state index is 13.5. The van der Waals surface area contributed by atoms with Crippen molar-refractivity contribution in [3.05, 3.63) is 53.1 Å². The molecule has 0 spiro atoms. The van der Waals surface area contributed by atoms with Crippen molar-refractivity contribution in [2.45, 2.75) is 38.1 Å². The molecule has 0 saturated carbocycles. The predicted octanol–water partition coefficient (Wildman–Crippen LogP) is 3.72. The van der Waals surface area contributed by atoms with Gasteiger partial charge in [-0.25, -0.2) is 0 Å². The van der Waals surface area contributed by atoms with Crippen LogP contribution in [0.5, 0.6) is 11.5 Å². The fraction of sp³-hybridized carbons (Fsp3) is 0.440. The summed E-state index contributed by atoms with van der Waals surface area (Å²) in [6.45, 7) is 4.31. The molecule has 2 aromatic carbocycles. The van der Waals surface area contributed by atoms with Crippen molar-refractivity contribution < 1.29 is 19.1 Å². The molecular formula is C25H31N3O4. The second-order valence-corrected chi connectivity index (χ2v) is 8.34. The first kappa shape index (κ1) is 22.0. The van der Waals surface area contributed by atoms with Crippen LogP contribution in [0.1, 0.15) is 59.6 Å². The van der Waals surface area contributed by atoms with Crippen molar-refractivity contribution in [2.24, 2.45) is 0 Å². The lowest BCUT2D eigenvalue weighted by molar-refractivity contribution is -0.131. The molecule has 1 unspecified atom stereocenters. The van der Waals surface area contributed by atoms with Crippen LogP contribution >= 0.6 is 0 Å². The Bertz CT molecular complexity index is 1000. The van der Waals surface area contributed by atoms with E-state index < -0.39 is 6.04 Å². The van der Waals surface area contributed by atoms with Gasteiger partial charge in [0.2, 0.25) is 5.91 Å². The summed E-state index contributed by atoms with van der Waals surface area (Å²) in [5, 5.41) is 6.37. The van der Waals surface area contributed by atoms with Crippen LogP contribution < -0.4 is 20.1 Å². The molecule has 2 atom stereocenters. The van der Waals surface area contributed by atoms with Gasteiger partial charge in [-0.15, -0.1) is 0 Å². The molecule has 7 nitrogen and oxygen atoms in total. The van der Waals surface area contributed by atoms with Gasteiger partial charge in [0.25, 0.3) is 5.91 Å². The van der Waals surface area contributed by atoms with Crippen molar-refractivity contribution in [3.63, 3.8) is 0 Å². The van der Waals surface area contributed by atoms with Crippen LogP contribution in [0.3, 0.4) is 0 Å². The number of carbonyl (C=O) groups is 2. The molecule has 4 rings (SSSR count). The number of hydrogen-bond acceptors (Lipinski definition) is 5. The Balaban J connectivity index is 1.69. The summed E-state index contributed by atoms with van der Waals surface area (Å²) in [7, 11) is 3.17. The average molecular weight is 438 g/mol. The minimum Gasteiger partial charge on any atom is -0.493 e. The Morgan fingerprint density at radius 2 is 1.88 bits per heavy atom. The molecule has 2 aliphatic rings. The second-order valence-electron chi connectivity index (χ2n) is 8.34. The standard InChI is InChI=1S/C25H31N3O4/c1-4-16-15-26-24(29)20-14-18(8-9-19(16)20)27-23(25(30)28-11-5-6-12-28)17-7-10-21(31-2)22(13-17)32-3/h7-10,13-14,16,23,27H,4-6,11-12,15H2,1-3H3,(H,26,29)/t16-,23?/m0/s1. The normalized spacial score (nSPS) is 18.5. The summed E-state index contributed by atoms with van der Waals surface area (Å²) < 4.78 is 10.8. The van der Waals surface area contributed by atoms with E-state index in [9.17, 15) is 9.59 Å². The van der Waals surface area contributed by atoms with E-state index in [4.69, 9.17) is 9.47 Å². The molecule has 2 heterocycles. The molecule has 170 valence electrons. The van der Waals surface area contributed by atoms with Crippen molar-refractivity contribution in [1.82, 2.24) is 10.2 Å². The first-order valence-corrected chi connectivity index (χ1v) is 11.2. The fourth-order valence-corrected chi connectivity index (χ4v) is 4.59. The smallest absolute Gasteiger partial charge is 0.251 e. The molecule has 0 aromatic heterocycles. The molecule has 1 fully saturated rings. The average Bonchev–Trinajstić information content (AvgIpc) is 3.37. The third-order valence-corrected chi connectivity index (χ3v) is 6.46. The van der Waals surface area contributed by atoms with Crippen molar-refractivity contribution in [2.75, 3.05) is 39.2 Å². The summed E-state index contributed by atoms with van der Waals surface area (Å²) in [6, 6.07) is 10.8. The summed E-state index contributed by atoms with van der Waals surface area (Å²) in [5.41, 5.74) is 3.26. The zero-order valence-corrected chi connectivity index (χ0v) is 18.9. The second kappa shape index (κ2) is 9.51. The SMILES string of the molecule is CC[C@H]1CNC(=O)c2cc(NC(C(=O)N3CCCC3)c3ccc(OC)c(OC)c3)ccc21. The van der Waals surface area contributed by atoms with E-state index >= 15 is 0 Å². The van der Waals surface area contributed by atoms with Crippen LogP contribution in [0, 0.1) is 0 Å². The van der Waals surface area contributed by atoms with Gasteiger partial charge in [0.05, 0.1) is 14.2 Å². The lowest BCUT2D eigenvalue weighted by Crippen LogP contribution is -2.36. The third-order valence-electron chi connectivity index (χ3n) is 6.46. The monoisotopic (exact) mass is 437 g/mol. The number of likely N-dealkylation sites (tertiary alicyclic amines) is 1. The Morgan fingerprint density at radius 1 is 1.12 bits per heavy atom. The van der Waals surface area contributed by atoms with Crippen LogP contribution in [0.4, 0.5) is 5.69 Å². The zero-order chi connectivity index (χ0) is 22.7. The molecule has 0 radical (unpaired) electrons. The minimum absolute atomic E-state index is 0.0170. The Morgan fingerprint density at radius 3 is 2.56 bits per heavy atom. The quantitative estimate of drug-likeness (QED) is 0.690. The largest absolute Gasteiger partial charge is 0.493 e. The van der Waals surface area contributed by atoms with Gasteiger partial charge in [-0.05, 0) is 54.7 Å². The van der Waals surface area contributed by atoms with Crippen molar-refractivity contribution >= 4 is 17.5 Å². The third kappa shape index (κ3) is 4.24. The molecule has 2 amide bonds. The fourth-order valence-electron chi connectivity index (χ4n) is 4.59. The number of ether oxygens (including phenoxy) is 2. The van der Waals surface area contributed by atoms with E-state index in [2.05, 4.69) is 17.6 Å². The molecule has 32 heavy (non-hydrogen) atoms. The first-order chi connectivity index (χ1) is 15.5. The van der Waals surface area contributed by atoms with E-state index in [1.165, 1.54) is 0 Å². The maximum absolute atomic E-state index is 13.5. The lowest BCUT2D eigenvalue weighted by Gasteiger charge is -2.28. The number of anilines is 1. The van der Waals surface area contributed by atoms with Gasteiger partial charge in [0.1, 0.15) is 6.04 Å².